The summed E-state index contributed by atoms with van der Waals surface area (Å²) in [6.45, 7) is 7.79. The van der Waals surface area contributed by atoms with Crippen LogP contribution in [0, 0.1) is 12.8 Å². The van der Waals surface area contributed by atoms with Crippen molar-refractivity contribution in [1.29, 1.82) is 0 Å². The molecule has 1 aromatic heterocycles. The SMILES string of the molecule is CCN(CC)C(=O)C(CN)Cc1cn(C)nc1C. The van der Waals surface area contributed by atoms with Gasteiger partial charge < -0.3 is 10.6 Å². The summed E-state index contributed by atoms with van der Waals surface area (Å²) in [5.41, 5.74) is 7.83. The Morgan fingerprint density at radius 3 is 2.50 bits per heavy atom. The van der Waals surface area contributed by atoms with Gasteiger partial charge >= 0.3 is 0 Å². The van der Waals surface area contributed by atoms with Gasteiger partial charge in [0, 0.05) is 32.9 Å². The minimum atomic E-state index is -0.146. The van der Waals surface area contributed by atoms with Crippen LogP contribution in [0.15, 0.2) is 6.20 Å². The van der Waals surface area contributed by atoms with Crippen LogP contribution in [-0.2, 0) is 18.3 Å². The lowest BCUT2D eigenvalue weighted by Gasteiger charge is -2.24. The van der Waals surface area contributed by atoms with Crippen LogP contribution in [0.4, 0.5) is 0 Å². The molecule has 5 nitrogen and oxygen atoms in total. The van der Waals surface area contributed by atoms with E-state index in [1.807, 2.05) is 38.9 Å². The van der Waals surface area contributed by atoms with Gasteiger partial charge in [0.05, 0.1) is 11.6 Å². The molecule has 0 aliphatic rings. The fraction of sp³-hybridized carbons (Fsp3) is 0.692. The molecule has 1 rings (SSSR count). The van der Waals surface area contributed by atoms with Crippen molar-refractivity contribution in [1.82, 2.24) is 14.7 Å². The highest BCUT2D eigenvalue weighted by Crippen LogP contribution is 2.13. The Kier molecular flexibility index (Phi) is 5.34. The van der Waals surface area contributed by atoms with Crippen LogP contribution in [0.2, 0.25) is 0 Å². The molecule has 1 heterocycles. The van der Waals surface area contributed by atoms with Crippen molar-refractivity contribution in [2.75, 3.05) is 19.6 Å². The van der Waals surface area contributed by atoms with E-state index in [-0.39, 0.29) is 11.8 Å². The molecular weight excluding hydrogens is 228 g/mol. The minimum absolute atomic E-state index is 0.144. The Morgan fingerprint density at radius 2 is 2.11 bits per heavy atom. The van der Waals surface area contributed by atoms with E-state index in [2.05, 4.69) is 5.10 Å². The summed E-state index contributed by atoms with van der Waals surface area (Å²) in [6, 6.07) is 0. The quantitative estimate of drug-likeness (QED) is 0.811. The van der Waals surface area contributed by atoms with E-state index in [0.717, 1.165) is 24.3 Å². The van der Waals surface area contributed by atoms with E-state index in [0.29, 0.717) is 13.0 Å². The van der Waals surface area contributed by atoms with Gasteiger partial charge in [-0.2, -0.15) is 5.10 Å². The smallest absolute Gasteiger partial charge is 0.227 e. The summed E-state index contributed by atoms with van der Waals surface area (Å²) in [4.78, 5) is 14.1. The number of carbonyl (C=O) groups is 1. The lowest BCUT2D eigenvalue weighted by atomic mass is 9.98. The lowest BCUT2D eigenvalue weighted by molar-refractivity contribution is -0.134. The largest absolute Gasteiger partial charge is 0.343 e. The zero-order valence-corrected chi connectivity index (χ0v) is 11.8. The van der Waals surface area contributed by atoms with Gasteiger partial charge in [-0.05, 0) is 32.8 Å². The Hall–Kier alpha value is -1.36. The molecule has 102 valence electrons. The van der Waals surface area contributed by atoms with Crippen molar-refractivity contribution in [3.63, 3.8) is 0 Å². The van der Waals surface area contributed by atoms with Crippen LogP contribution < -0.4 is 5.73 Å². The highest BCUT2D eigenvalue weighted by molar-refractivity contribution is 5.79. The van der Waals surface area contributed by atoms with Crippen molar-refractivity contribution in [3.05, 3.63) is 17.5 Å². The third kappa shape index (κ3) is 3.32. The second-order valence-corrected chi connectivity index (χ2v) is 4.56. The van der Waals surface area contributed by atoms with Crippen LogP contribution in [0.3, 0.4) is 0 Å². The molecule has 0 bridgehead atoms. The molecule has 1 unspecified atom stereocenters. The van der Waals surface area contributed by atoms with Crippen molar-refractivity contribution < 1.29 is 4.79 Å². The number of aromatic nitrogens is 2. The van der Waals surface area contributed by atoms with Crippen molar-refractivity contribution in [2.45, 2.75) is 27.2 Å². The summed E-state index contributed by atoms with van der Waals surface area (Å²) in [5.74, 6) is -0.00134. The molecule has 0 aliphatic carbocycles. The molecule has 1 amide bonds. The third-order valence-electron chi connectivity index (χ3n) is 3.29. The molecule has 0 fully saturated rings. The number of hydrogen-bond donors (Lipinski definition) is 1. The van der Waals surface area contributed by atoms with Crippen molar-refractivity contribution in [2.24, 2.45) is 18.7 Å². The highest BCUT2D eigenvalue weighted by atomic mass is 16.2. The minimum Gasteiger partial charge on any atom is -0.343 e. The normalized spacial score (nSPS) is 12.5. The molecule has 0 saturated heterocycles. The maximum Gasteiger partial charge on any atom is 0.227 e. The van der Waals surface area contributed by atoms with Crippen LogP contribution in [0.5, 0.6) is 0 Å². The van der Waals surface area contributed by atoms with E-state index >= 15 is 0 Å². The Labute approximate surface area is 109 Å². The number of nitrogens with zero attached hydrogens (tertiary/aromatic N) is 3. The Bertz CT molecular complexity index is 396. The predicted octanol–water partition coefficient (Wildman–Crippen LogP) is 0.714. The number of amides is 1. The summed E-state index contributed by atoms with van der Waals surface area (Å²) < 4.78 is 1.78. The van der Waals surface area contributed by atoms with Gasteiger partial charge in [-0.15, -0.1) is 0 Å². The van der Waals surface area contributed by atoms with Crippen LogP contribution in [-0.4, -0.2) is 40.2 Å². The first-order valence-electron chi connectivity index (χ1n) is 6.51. The second kappa shape index (κ2) is 6.54. The number of carbonyl (C=O) groups excluding carboxylic acids is 1. The Balaban J connectivity index is 2.78. The molecule has 1 aromatic rings. The average Bonchev–Trinajstić information content (AvgIpc) is 2.66. The average molecular weight is 252 g/mol. The Morgan fingerprint density at radius 1 is 1.50 bits per heavy atom. The van der Waals surface area contributed by atoms with Gasteiger partial charge in [-0.1, -0.05) is 0 Å². The summed E-state index contributed by atoms with van der Waals surface area (Å²) >= 11 is 0. The third-order valence-corrected chi connectivity index (χ3v) is 3.29. The number of rotatable bonds is 6. The standard InChI is InChI=1S/C13H24N4O/c1-5-17(6-2)13(18)11(8-14)7-12-9-16(4)15-10(12)3/h9,11H,5-8,14H2,1-4H3. The fourth-order valence-corrected chi connectivity index (χ4v) is 2.18. The first-order valence-corrected chi connectivity index (χ1v) is 6.51. The van der Waals surface area contributed by atoms with Gasteiger partial charge in [0.2, 0.25) is 5.91 Å². The van der Waals surface area contributed by atoms with E-state index in [4.69, 9.17) is 5.73 Å². The fourth-order valence-electron chi connectivity index (χ4n) is 2.18. The molecule has 0 spiro atoms. The number of hydrogen-bond acceptors (Lipinski definition) is 3. The van der Waals surface area contributed by atoms with Crippen LogP contribution >= 0.6 is 0 Å². The monoisotopic (exact) mass is 252 g/mol. The molecule has 0 aromatic carbocycles. The molecule has 1 atom stereocenters. The lowest BCUT2D eigenvalue weighted by Crippen LogP contribution is -2.39. The highest BCUT2D eigenvalue weighted by Gasteiger charge is 2.22. The van der Waals surface area contributed by atoms with E-state index in [1.165, 1.54) is 0 Å². The van der Waals surface area contributed by atoms with Crippen molar-refractivity contribution in [3.8, 4) is 0 Å². The molecule has 2 N–H and O–H groups in total. The summed E-state index contributed by atoms with van der Waals surface area (Å²) in [5, 5.41) is 4.29. The van der Waals surface area contributed by atoms with E-state index in [9.17, 15) is 4.79 Å². The first-order chi connectivity index (χ1) is 8.53. The van der Waals surface area contributed by atoms with Gasteiger partial charge in [0.1, 0.15) is 0 Å². The molecule has 0 aliphatic heterocycles. The number of aryl methyl sites for hydroxylation is 2. The maximum absolute atomic E-state index is 12.3. The molecular formula is C13H24N4O. The van der Waals surface area contributed by atoms with Crippen LogP contribution in [0.25, 0.3) is 0 Å². The maximum atomic E-state index is 12.3. The van der Waals surface area contributed by atoms with E-state index < -0.39 is 0 Å². The van der Waals surface area contributed by atoms with E-state index in [1.54, 1.807) is 4.68 Å². The van der Waals surface area contributed by atoms with Gasteiger partial charge in [0.25, 0.3) is 0 Å². The molecule has 0 radical (unpaired) electrons. The summed E-state index contributed by atoms with van der Waals surface area (Å²) in [6.07, 6.45) is 2.64. The van der Waals surface area contributed by atoms with Crippen LogP contribution in [0.1, 0.15) is 25.1 Å². The molecule has 5 heteroatoms. The number of nitrogens with two attached hydrogens (primary N) is 1. The zero-order chi connectivity index (χ0) is 13.7. The summed E-state index contributed by atoms with van der Waals surface area (Å²) in [7, 11) is 1.89. The van der Waals surface area contributed by atoms with Gasteiger partial charge in [0.15, 0.2) is 0 Å². The topological polar surface area (TPSA) is 64.2 Å². The van der Waals surface area contributed by atoms with Crippen molar-refractivity contribution >= 4 is 5.91 Å². The second-order valence-electron chi connectivity index (χ2n) is 4.56. The predicted molar refractivity (Wildman–Crippen MR) is 72.1 cm³/mol. The van der Waals surface area contributed by atoms with Gasteiger partial charge in [-0.3, -0.25) is 9.48 Å². The first kappa shape index (κ1) is 14.7. The van der Waals surface area contributed by atoms with Gasteiger partial charge in [-0.25, -0.2) is 0 Å². The molecule has 18 heavy (non-hydrogen) atoms. The zero-order valence-electron chi connectivity index (χ0n) is 11.8. The molecule has 0 saturated carbocycles.